The third kappa shape index (κ3) is 3.45. The lowest BCUT2D eigenvalue weighted by Crippen LogP contribution is -2.19. The summed E-state index contributed by atoms with van der Waals surface area (Å²) in [7, 11) is 0. The van der Waals surface area contributed by atoms with Crippen LogP contribution in [0.4, 0.5) is 5.69 Å². The van der Waals surface area contributed by atoms with Crippen LogP contribution in [-0.4, -0.2) is 6.54 Å². The van der Waals surface area contributed by atoms with Crippen molar-refractivity contribution in [1.29, 1.82) is 0 Å². The summed E-state index contributed by atoms with van der Waals surface area (Å²) in [6.45, 7) is 0.535. The summed E-state index contributed by atoms with van der Waals surface area (Å²) in [6.07, 6.45) is 0. The lowest BCUT2D eigenvalue weighted by atomic mass is 10.2. The van der Waals surface area contributed by atoms with Crippen molar-refractivity contribution in [2.24, 2.45) is 5.73 Å². The summed E-state index contributed by atoms with van der Waals surface area (Å²) in [5.74, 6) is 0. The van der Waals surface area contributed by atoms with E-state index in [0.717, 1.165) is 20.1 Å². The summed E-state index contributed by atoms with van der Waals surface area (Å²) < 4.78 is 1.06. The lowest BCUT2D eigenvalue weighted by Gasteiger charge is -2.16. The van der Waals surface area contributed by atoms with Crippen LogP contribution in [0, 0.1) is 0 Å². The van der Waals surface area contributed by atoms with Gasteiger partial charge in [0.05, 0.1) is 11.1 Å². The fraction of sp³-hybridized carbons (Fsp3) is 0.167. The molecular weight excluding hydrogens is 320 g/mol. The number of rotatable bonds is 4. The van der Waals surface area contributed by atoms with Crippen LogP contribution in [-0.2, 0) is 0 Å². The van der Waals surface area contributed by atoms with Crippen molar-refractivity contribution in [2.75, 3.05) is 11.9 Å². The smallest absolute Gasteiger partial charge is 0.0729 e. The van der Waals surface area contributed by atoms with Gasteiger partial charge in [-0.3, -0.25) is 0 Å². The molecule has 0 saturated carbocycles. The van der Waals surface area contributed by atoms with Crippen molar-refractivity contribution in [3.05, 3.63) is 50.1 Å². The van der Waals surface area contributed by atoms with Gasteiger partial charge in [-0.15, -0.1) is 11.3 Å². The van der Waals surface area contributed by atoms with E-state index in [1.165, 1.54) is 0 Å². The minimum absolute atomic E-state index is 0.105. The highest BCUT2D eigenvalue weighted by molar-refractivity contribution is 9.10. The maximum Gasteiger partial charge on any atom is 0.0729 e. The van der Waals surface area contributed by atoms with Gasteiger partial charge in [0.15, 0.2) is 0 Å². The Kier molecular flexibility index (Phi) is 4.45. The highest BCUT2D eigenvalue weighted by Gasteiger charge is 2.11. The predicted molar refractivity (Wildman–Crippen MR) is 78.9 cm³/mol. The minimum atomic E-state index is 0.105. The van der Waals surface area contributed by atoms with Crippen LogP contribution in [0.3, 0.4) is 0 Å². The van der Waals surface area contributed by atoms with E-state index in [1.807, 2.05) is 35.7 Å². The van der Waals surface area contributed by atoms with Crippen LogP contribution < -0.4 is 11.1 Å². The summed E-state index contributed by atoms with van der Waals surface area (Å²) in [5, 5.41) is 6.08. The molecule has 0 aliphatic heterocycles. The molecule has 1 aromatic heterocycles. The Balaban J connectivity index is 2.12. The number of benzene rings is 1. The molecule has 0 spiro atoms. The molecule has 0 aliphatic rings. The SMILES string of the molecule is NCC(Nc1ccc(Br)cc1)c1cc(Cl)cs1. The van der Waals surface area contributed by atoms with Crippen LogP contribution in [0.1, 0.15) is 10.9 Å². The van der Waals surface area contributed by atoms with Gasteiger partial charge in [0.25, 0.3) is 0 Å². The van der Waals surface area contributed by atoms with Crippen molar-refractivity contribution >= 4 is 44.6 Å². The molecule has 2 nitrogen and oxygen atoms in total. The monoisotopic (exact) mass is 330 g/mol. The van der Waals surface area contributed by atoms with Crippen LogP contribution in [0.15, 0.2) is 40.2 Å². The molecule has 0 bridgehead atoms. The van der Waals surface area contributed by atoms with E-state index in [1.54, 1.807) is 11.3 Å². The van der Waals surface area contributed by atoms with E-state index in [0.29, 0.717) is 6.54 Å². The molecule has 0 fully saturated rings. The van der Waals surface area contributed by atoms with Gasteiger partial charge < -0.3 is 11.1 Å². The van der Waals surface area contributed by atoms with Crippen LogP contribution in [0.5, 0.6) is 0 Å². The first kappa shape index (κ1) is 12.9. The normalized spacial score (nSPS) is 12.4. The summed E-state index contributed by atoms with van der Waals surface area (Å²) in [5.41, 5.74) is 6.83. The predicted octanol–water partition coefficient (Wildman–Crippen LogP) is 4.28. The molecule has 1 unspecified atom stereocenters. The van der Waals surface area contributed by atoms with Gasteiger partial charge in [-0.25, -0.2) is 0 Å². The van der Waals surface area contributed by atoms with Gasteiger partial charge in [0.2, 0.25) is 0 Å². The maximum atomic E-state index is 5.92. The second-order valence-corrected chi connectivity index (χ2v) is 5.90. The van der Waals surface area contributed by atoms with Gasteiger partial charge in [0, 0.05) is 27.0 Å². The molecule has 90 valence electrons. The molecule has 1 heterocycles. The average molecular weight is 332 g/mol. The number of halogens is 2. The third-order valence-corrected chi connectivity index (χ3v) is 4.27. The number of nitrogens with one attached hydrogen (secondary N) is 1. The van der Waals surface area contributed by atoms with Crippen LogP contribution in [0.25, 0.3) is 0 Å². The van der Waals surface area contributed by atoms with Crippen molar-refractivity contribution in [3.63, 3.8) is 0 Å². The molecular formula is C12H12BrClN2S. The number of hydrogen-bond acceptors (Lipinski definition) is 3. The summed E-state index contributed by atoms with van der Waals surface area (Å²) in [4.78, 5) is 1.15. The highest BCUT2D eigenvalue weighted by Crippen LogP contribution is 2.27. The molecule has 0 amide bonds. The van der Waals surface area contributed by atoms with Gasteiger partial charge in [-0.05, 0) is 30.3 Å². The number of anilines is 1. The van der Waals surface area contributed by atoms with Gasteiger partial charge in [0.1, 0.15) is 0 Å². The van der Waals surface area contributed by atoms with Gasteiger partial charge in [-0.1, -0.05) is 27.5 Å². The lowest BCUT2D eigenvalue weighted by molar-refractivity contribution is 0.806. The van der Waals surface area contributed by atoms with Crippen LogP contribution in [0.2, 0.25) is 5.02 Å². The number of thiophene rings is 1. The third-order valence-electron chi connectivity index (χ3n) is 2.35. The summed E-state index contributed by atoms with van der Waals surface area (Å²) >= 11 is 11.0. The van der Waals surface area contributed by atoms with E-state index in [4.69, 9.17) is 17.3 Å². The molecule has 17 heavy (non-hydrogen) atoms. The van der Waals surface area contributed by atoms with E-state index in [-0.39, 0.29) is 6.04 Å². The molecule has 2 aromatic rings. The minimum Gasteiger partial charge on any atom is -0.376 e. The topological polar surface area (TPSA) is 38.0 Å². The first-order chi connectivity index (χ1) is 8.19. The molecule has 5 heteroatoms. The number of hydrogen-bond donors (Lipinski definition) is 2. The zero-order valence-electron chi connectivity index (χ0n) is 8.99. The maximum absolute atomic E-state index is 5.92. The zero-order valence-corrected chi connectivity index (χ0v) is 12.1. The van der Waals surface area contributed by atoms with Crippen molar-refractivity contribution < 1.29 is 0 Å². The first-order valence-corrected chi connectivity index (χ1v) is 7.20. The van der Waals surface area contributed by atoms with Gasteiger partial charge in [-0.2, -0.15) is 0 Å². The summed E-state index contributed by atoms with van der Waals surface area (Å²) in [6, 6.07) is 10.1. The molecule has 0 radical (unpaired) electrons. The Morgan fingerprint density at radius 3 is 2.59 bits per heavy atom. The van der Waals surface area contributed by atoms with Crippen molar-refractivity contribution in [2.45, 2.75) is 6.04 Å². The number of nitrogens with two attached hydrogens (primary N) is 1. The molecule has 3 N–H and O–H groups in total. The van der Waals surface area contributed by atoms with Crippen LogP contribution >= 0.6 is 38.9 Å². The van der Waals surface area contributed by atoms with Gasteiger partial charge >= 0.3 is 0 Å². The molecule has 2 rings (SSSR count). The molecule has 0 saturated heterocycles. The van der Waals surface area contributed by atoms with Crippen molar-refractivity contribution in [1.82, 2.24) is 0 Å². The molecule has 0 aliphatic carbocycles. The van der Waals surface area contributed by atoms with E-state index in [2.05, 4.69) is 21.2 Å². The fourth-order valence-corrected chi connectivity index (χ4v) is 2.92. The van der Waals surface area contributed by atoms with Crippen molar-refractivity contribution in [3.8, 4) is 0 Å². The average Bonchev–Trinajstić information content (AvgIpc) is 2.75. The Bertz CT molecular complexity index is 484. The van der Waals surface area contributed by atoms with E-state index in [9.17, 15) is 0 Å². The first-order valence-electron chi connectivity index (χ1n) is 5.15. The second kappa shape index (κ2) is 5.87. The molecule has 1 aromatic carbocycles. The molecule has 1 atom stereocenters. The fourth-order valence-electron chi connectivity index (χ4n) is 1.50. The van der Waals surface area contributed by atoms with E-state index >= 15 is 0 Å². The Morgan fingerprint density at radius 2 is 2.06 bits per heavy atom. The zero-order chi connectivity index (χ0) is 12.3. The Morgan fingerprint density at radius 1 is 1.35 bits per heavy atom. The highest BCUT2D eigenvalue weighted by atomic mass is 79.9. The standard InChI is InChI=1S/C12H12BrClN2S/c13-8-1-3-10(4-2-8)16-11(6-15)12-5-9(14)7-17-12/h1-5,7,11,16H,6,15H2. The van der Waals surface area contributed by atoms with E-state index < -0.39 is 0 Å². The quantitative estimate of drug-likeness (QED) is 0.877. The Hall–Kier alpha value is -0.550. The Labute approximate surface area is 118 Å². The largest absolute Gasteiger partial charge is 0.376 e. The second-order valence-electron chi connectivity index (χ2n) is 3.61.